The van der Waals surface area contributed by atoms with Crippen LogP contribution in [0.1, 0.15) is 24.2 Å². The highest BCUT2D eigenvalue weighted by atomic mass is 35.5. The molecule has 2 N–H and O–H groups in total. The van der Waals surface area contributed by atoms with Crippen LogP contribution in [0.4, 0.5) is 11.4 Å². The Hall–Kier alpha value is -2.77. The summed E-state index contributed by atoms with van der Waals surface area (Å²) in [6, 6.07) is 7.83. The number of nitrogens with one attached hydrogen (secondary N) is 1. The Kier molecular flexibility index (Phi) is 5.49. The number of fused-ring (bicyclic) bond motifs is 1. The molecule has 0 spiro atoms. The Morgan fingerprint density at radius 3 is 2.43 bits per heavy atom. The van der Waals surface area contributed by atoms with Crippen molar-refractivity contribution in [3.05, 3.63) is 52.0 Å². The fraction of sp³-hybridized carbons (Fsp3) is 0.211. The predicted octanol–water partition coefficient (Wildman–Crippen LogP) is 3.83. The normalized spacial score (nSPS) is 16.8. The summed E-state index contributed by atoms with van der Waals surface area (Å²) in [6.07, 6.45) is -0.868. The van der Waals surface area contributed by atoms with E-state index in [2.05, 4.69) is 5.32 Å². The molecule has 0 radical (unpaired) electrons. The van der Waals surface area contributed by atoms with Gasteiger partial charge in [0, 0.05) is 15.7 Å². The molecule has 2 amide bonds. The lowest BCUT2D eigenvalue weighted by molar-refractivity contribution is -0.128. The second-order valence-corrected chi connectivity index (χ2v) is 7.15. The van der Waals surface area contributed by atoms with Crippen LogP contribution in [0.15, 0.2) is 36.4 Å². The molecule has 0 aliphatic carbocycles. The van der Waals surface area contributed by atoms with Crippen LogP contribution in [0.5, 0.6) is 5.75 Å². The van der Waals surface area contributed by atoms with Crippen LogP contribution >= 0.6 is 23.2 Å². The van der Waals surface area contributed by atoms with Crippen LogP contribution in [0.3, 0.4) is 0 Å². The number of rotatable bonds is 4. The first kappa shape index (κ1) is 20.0. The zero-order valence-electron chi connectivity index (χ0n) is 14.9. The van der Waals surface area contributed by atoms with E-state index in [4.69, 9.17) is 33.0 Å². The van der Waals surface area contributed by atoms with E-state index in [1.807, 2.05) is 0 Å². The first-order valence-corrected chi connectivity index (χ1v) is 9.07. The summed E-state index contributed by atoms with van der Waals surface area (Å²) >= 11 is 11.9. The lowest BCUT2D eigenvalue weighted by Crippen LogP contribution is -2.52. The van der Waals surface area contributed by atoms with Crippen LogP contribution in [-0.2, 0) is 9.59 Å². The van der Waals surface area contributed by atoms with Crippen molar-refractivity contribution >= 4 is 52.4 Å². The number of hydrogen-bond acceptors (Lipinski definition) is 4. The molecule has 2 aromatic rings. The van der Waals surface area contributed by atoms with Crippen molar-refractivity contribution in [2.24, 2.45) is 0 Å². The zero-order valence-corrected chi connectivity index (χ0v) is 16.4. The first-order valence-electron chi connectivity index (χ1n) is 8.31. The number of benzene rings is 2. The molecule has 1 aliphatic rings. The number of aromatic carboxylic acids is 1. The van der Waals surface area contributed by atoms with Gasteiger partial charge in [-0.15, -0.1) is 0 Å². The van der Waals surface area contributed by atoms with Gasteiger partial charge in [-0.05, 0) is 50.2 Å². The lowest BCUT2D eigenvalue weighted by atomic mass is 10.1. The Morgan fingerprint density at radius 1 is 1.18 bits per heavy atom. The number of carbonyl (C=O) groups excluding carboxylic acids is 2. The highest BCUT2D eigenvalue weighted by molar-refractivity contribution is 6.35. The van der Waals surface area contributed by atoms with E-state index in [0.717, 1.165) is 0 Å². The van der Waals surface area contributed by atoms with Gasteiger partial charge >= 0.3 is 5.97 Å². The Morgan fingerprint density at radius 2 is 1.82 bits per heavy atom. The van der Waals surface area contributed by atoms with Gasteiger partial charge in [-0.1, -0.05) is 23.2 Å². The van der Waals surface area contributed by atoms with Gasteiger partial charge in [-0.25, -0.2) is 4.79 Å². The minimum atomic E-state index is -1.12. The molecule has 3 rings (SSSR count). The first-order chi connectivity index (χ1) is 13.2. The van der Waals surface area contributed by atoms with Gasteiger partial charge in [0.1, 0.15) is 11.8 Å². The summed E-state index contributed by atoms with van der Waals surface area (Å²) in [5, 5.41) is 12.6. The van der Waals surface area contributed by atoms with Gasteiger partial charge in [0.05, 0.1) is 11.3 Å². The molecule has 1 aliphatic heterocycles. The topological polar surface area (TPSA) is 95.9 Å². The molecule has 7 nitrogen and oxygen atoms in total. The molecular weight excluding hydrogens is 407 g/mol. The van der Waals surface area contributed by atoms with Gasteiger partial charge in [-0.2, -0.15) is 0 Å². The zero-order chi connectivity index (χ0) is 20.6. The largest absolute Gasteiger partial charge is 0.479 e. The van der Waals surface area contributed by atoms with E-state index in [1.54, 1.807) is 6.92 Å². The number of halogens is 2. The number of amides is 2. The summed E-state index contributed by atoms with van der Waals surface area (Å²) in [5.41, 5.74) is 0.732. The second kappa shape index (κ2) is 7.69. The monoisotopic (exact) mass is 422 g/mol. The van der Waals surface area contributed by atoms with E-state index in [0.29, 0.717) is 21.4 Å². The van der Waals surface area contributed by atoms with Crippen molar-refractivity contribution < 1.29 is 24.2 Å². The van der Waals surface area contributed by atoms with Crippen LogP contribution in [0.2, 0.25) is 10.0 Å². The fourth-order valence-corrected chi connectivity index (χ4v) is 3.41. The number of hydrogen-bond donors (Lipinski definition) is 2. The average molecular weight is 423 g/mol. The lowest BCUT2D eigenvalue weighted by Gasteiger charge is -2.36. The van der Waals surface area contributed by atoms with Gasteiger partial charge in [0.25, 0.3) is 5.91 Å². The van der Waals surface area contributed by atoms with Crippen molar-refractivity contribution in [2.75, 3.05) is 10.2 Å². The Balaban J connectivity index is 1.91. The molecular formula is C19H16Cl2N2O5. The molecule has 2 aromatic carbocycles. The molecule has 0 saturated carbocycles. The highest BCUT2D eigenvalue weighted by Crippen LogP contribution is 2.36. The molecule has 0 aromatic heterocycles. The van der Waals surface area contributed by atoms with E-state index >= 15 is 0 Å². The molecule has 2 atom stereocenters. The van der Waals surface area contributed by atoms with Gasteiger partial charge in [-0.3, -0.25) is 14.5 Å². The maximum Gasteiger partial charge on any atom is 0.335 e. The molecule has 9 heteroatoms. The summed E-state index contributed by atoms with van der Waals surface area (Å²) in [7, 11) is 0. The number of ether oxygens (including phenoxy) is 1. The van der Waals surface area contributed by atoms with Gasteiger partial charge < -0.3 is 15.2 Å². The minimum Gasteiger partial charge on any atom is -0.479 e. The van der Waals surface area contributed by atoms with E-state index in [1.165, 1.54) is 48.2 Å². The van der Waals surface area contributed by atoms with Crippen molar-refractivity contribution in [1.82, 2.24) is 0 Å². The average Bonchev–Trinajstić information content (AvgIpc) is 2.61. The van der Waals surface area contributed by atoms with E-state index in [9.17, 15) is 14.4 Å². The molecule has 146 valence electrons. The summed E-state index contributed by atoms with van der Waals surface area (Å²) in [4.78, 5) is 37.9. The van der Waals surface area contributed by atoms with Gasteiger partial charge in [0.2, 0.25) is 5.91 Å². The van der Waals surface area contributed by atoms with Crippen LogP contribution in [0.25, 0.3) is 0 Å². The Labute approximate surface area is 170 Å². The number of carboxylic acids is 1. The third-order valence-corrected chi connectivity index (χ3v) is 4.69. The standard InChI is InChI=1S/C19H16Cl2N2O5/c1-9(17(24)22-14-7-12(20)6-13(21)8-14)23-15-4-3-11(19(26)27)5-16(15)28-10(2)18(23)25/h3-10H,1-2H3,(H,22,24)(H,26,27). The molecule has 0 fully saturated rings. The minimum absolute atomic E-state index is 0.0194. The molecule has 28 heavy (non-hydrogen) atoms. The number of anilines is 2. The van der Waals surface area contributed by atoms with Gasteiger partial charge in [0.15, 0.2) is 6.10 Å². The van der Waals surface area contributed by atoms with Crippen molar-refractivity contribution in [2.45, 2.75) is 26.0 Å². The van der Waals surface area contributed by atoms with E-state index < -0.39 is 29.9 Å². The molecule has 2 unspecified atom stereocenters. The van der Waals surface area contributed by atoms with Crippen molar-refractivity contribution in [1.29, 1.82) is 0 Å². The Bertz CT molecular complexity index is 959. The maximum atomic E-state index is 12.7. The van der Waals surface area contributed by atoms with Crippen LogP contribution in [-0.4, -0.2) is 35.0 Å². The summed E-state index contributed by atoms with van der Waals surface area (Å²) in [5.74, 6) is -1.78. The maximum absolute atomic E-state index is 12.7. The van der Waals surface area contributed by atoms with Crippen LogP contribution in [0, 0.1) is 0 Å². The predicted molar refractivity (Wildman–Crippen MR) is 106 cm³/mol. The smallest absolute Gasteiger partial charge is 0.335 e. The van der Waals surface area contributed by atoms with Crippen LogP contribution < -0.4 is 15.0 Å². The number of carboxylic acid groups (broad SMARTS) is 1. The second-order valence-electron chi connectivity index (χ2n) is 6.28. The SMILES string of the molecule is CC1Oc2cc(C(=O)O)ccc2N(C(C)C(=O)Nc2cc(Cl)cc(Cl)c2)C1=O. The number of carbonyl (C=O) groups is 3. The third kappa shape index (κ3) is 3.90. The van der Waals surface area contributed by atoms with Crippen molar-refractivity contribution in [3.63, 3.8) is 0 Å². The fourth-order valence-electron chi connectivity index (χ4n) is 2.89. The van der Waals surface area contributed by atoms with E-state index in [-0.39, 0.29) is 11.3 Å². The molecule has 0 saturated heterocycles. The molecule has 1 heterocycles. The summed E-state index contributed by atoms with van der Waals surface area (Å²) in [6.45, 7) is 3.10. The number of nitrogens with zero attached hydrogens (tertiary/aromatic N) is 1. The third-order valence-electron chi connectivity index (χ3n) is 4.25. The quantitative estimate of drug-likeness (QED) is 0.780. The molecule has 0 bridgehead atoms. The summed E-state index contributed by atoms with van der Waals surface area (Å²) < 4.78 is 5.52. The van der Waals surface area contributed by atoms with Crippen molar-refractivity contribution in [3.8, 4) is 5.75 Å². The highest BCUT2D eigenvalue weighted by Gasteiger charge is 2.37.